The van der Waals surface area contributed by atoms with Gasteiger partial charge in [-0.05, 0) is 48.6 Å². The molecule has 2 heterocycles. The Labute approximate surface area is 180 Å². The second-order valence-corrected chi connectivity index (χ2v) is 9.99. The molecule has 4 heteroatoms. The number of nitrogens with zero attached hydrogens (tertiary/aromatic N) is 2. The van der Waals surface area contributed by atoms with Gasteiger partial charge in [-0.25, -0.2) is 0 Å². The summed E-state index contributed by atoms with van der Waals surface area (Å²) in [7, 11) is 2.08. The van der Waals surface area contributed by atoms with Crippen molar-refractivity contribution >= 4 is 5.78 Å². The minimum Gasteiger partial charge on any atom is -0.380 e. The molecule has 1 aromatic heterocycles. The van der Waals surface area contributed by atoms with Gasteiger partial charge < -0.3 is 10.0 Å². The molecule has 30 heavy (non-hydrogen) atoms. The van der Waals surface area contributed by atoms with E-state index in [2.05, 4.69) is 62.0 Å². The Balaban J connectivity index is 1.79. The zero-order chi connectivity index (χ0) is 21.5. The summed E-state index contributed by atoms with van der Waals surface area (Å²) >= 11 is 0. The Morgan fingerprint density at radius 1 is 1.13 bits per heavy atom. The van der Waals surface area contributed by atoms with Crippen LogP contribution in [0.1, 0.15) is 80.5 Å². The van der Waals surface area contributed by atoms with Crippen LogP contribution in [0.15, 0.2) is 42.7 Å². The van der Waals surface area contributed by atoms with Gasteiger partial charge in [0.25, 0.3) is 0 Å². The second-order valence-electron chi connectivity index (χ2n) is 9.99. The van der Waals surface area contributed by atoms with Crippen molar-refractivity contribution in [1.29, 1.82) is 0 Å². The van der Waals surface area contributed by atoms with Crippen molar-refractivity contribution < 1.29 is 9.90 Å². The molecule has 2 atom stereocenters. The van der Waals surface area contributed by atoms with Crippen molar-refractivity contribution in [1.82, 2.24) is 9.88 Å². The first-order valence-electron chi connectivity index (χ1n) is 11.2. The lowest BCUT2D eigenvalue weighted by Gasteiger charge is -2.56. The summed E-state index contributed by atoms with van der Waals surface area (Å²) in [6.07, 6.45) is 7.19. The van der Waals surface area contributed by atoms with Crippen LogP contribution in [0.5, 0.6) is 0 Å². The van der Waals surface area contributed by atoms with Crippen LogP contribution in [-0.2, 0) is 10.4 Å². The number of hydrogen-bond acceptors (Lipinski definition) is 4. The highest BCUT2D eigenvalue weighted by atomic mass is 16.3. The summed E-state index contributed by atoms with van der Waals surface area (Å²) in [6.45, 7) is 8.13. The van der Waals surface area contributed by atoms with Crippen molar-refractivity contribution in [2.75, 3.05) is 20.1 Å². The maximum Gasteiger partial charge on any atom is 0.140 e. The fourth-order valence-electron chi connectivity index (χ4n) is 5.53. The number of hydrogen-bond donors (Lipinski definition) is 1. The molecule has 2 aromatic rings. The average molecular weight is 407 g/mol. The largest absolute Gasteiger partial charge is 0.380 e. The van der Waals surface area contributed by atoms with Gasteiger partial charge in [-0.3, -0.25) is 9.78 Å². The standard InChI is InChI=1S/C26H34N2O2/c1-18(2)19-9-11-21(12-10-19)26(30,25(3)16-28(4)17-25)22-13-20(14-27-15-22)23-7-5-6-8-24(23)29/h9-15,18,23,30H,5-8,16-17H2,1-4H3/t23?,26-/m0/s1. The molecule has 1 N–H and O–H groups in total. The summed E-state index contributed by atoms with van der Waals surface area (Å²) in [5.41, 5.74) is 2.43. The van der Waals surface area contributed by atoms with E-state index in [1.54, 1.807) is 6.20 Å². The highest BCUT2D eigenvalue weighted by Crippen LogP contribution is 2.50. The highest BCUT2D eigenvalue weighted by Gasteiger charge is 2.55. The van der Waals surface area contributed by atoms with Gasteiger partial charge in [-0.2, -0.15) is 0 Å². The predicted molar refractivity (Wildman–Crippen MR) is 120 cm³/mol. The smallest absolute Gasteiger partial charge is 0.140 e. The molecule has 4 nitrogen and oxygen atoms in total. The van der Waals surface area contributed by atoms with E-state index in [1.807, 2.05) is 12.3 Å². The minimum absolute atomic E-state index is 0.0874. The number of carbonyl (C=O) groups excluding carboxylic acids is 1. The molecule has 1 aliphatic carbocycles. The van der Waals surface area contributed by atoms with Gasteiger partial charge in [-0.1, -0.05) is 51.5 Å². The first-order chi connectivity index (χ1) is 14.2. The summed E-state index contributed by atoms with van der Waals surface area (Å²) in [5, 5.41) is 12.3. The Bertz CT molecular complexity index is 915. The Kier molecular flexibility index (Phi) is 5.58. The number of carbonyl (C=O) groups is 1. The van der Waals surface area contributed by atoms with Crippen molar-refractivity contribution in [3.05, 3.63) is 65.0 Å². The quantitative estimate of drug-likeness (QED) is 0.787. The van der Waals surface area contributed by atoms with Gasteiger partial charge >= 0.3 is 0 Å². The number of aromatic nitrogens is 1. The third kappa shape index (κ3) is 3.50. The van der Waals surface area contributed by atoms with Crippen LogP contribution in [0.3, 0.4) is 0 Å². The van der Waals surface area contributed by atoms with Gasteiger partial charge in [0, 0.05) is 48.8 Å². The number of rotatable bonds is 5. The van der Waals surface area contributed by atoms with Crippen LogP contribution in [0, 0.1) is 5.41 Å². The molecular formula is C26H34N2O2. The number of pyridine rings is 1. The van der Waals surface area contributed by atoms with E-state index in [0.717, 1.165) is 49.0 Å². The highest BCUT2D eigenvalue weighted by molar-refractivity contribution is 5.86. The van der Waals surface area contributed by atoms with Gasteiger partial charge in [0.05, 0.1) is 0 Å². The van der Waals surface area contributed by atoms with E-state index in [1.165, 1.54) is 5.56 Å². The molecule has 2 fully saturated rings. The molecule has 0 amide bonds. The number of ketones is 1. The van der Waals surface area contributed by atoms with E-state index in [-0.39, 0.29) is 11.3 Å². The molecule has 2 aliphatic rings. The Morgan fingerprint density at radius 2 is 1.83 bits per heavy atom. The Morgan fingerprint density at radius 3 is 2.43 bits per heavy atom. The topological polar surface area (TPSA) is 53.4 Å². The van der Waals surface area contributed by atoms with Crippen LogP contribution in [0.4, 0.5) is 0 Å². The van der Waals surface area contributed by atoms with Gasteiger partial charge in [0.1, 0.15) is 11.4 Å². The minimum atomic E-state index is -1.16. The molecule has 1 saturated heterocycles. The molecule has 0 radical (unpaired) electrons. The van der Waals surface area contributed by atoms with Crippen LogP contribution in [0.25, 0.3) is 0 Å². The van der Waals surface area contributed by atoms with Crippen LogP contribution in [0.2, 0.25) is 0 Å². The summed E-state index contributed by atoms with van der Waals surface area (Å²) < 4.78 is 0. The summed E-state index contributed by atoms with van der Waals surface area (Å²) in [5.74, 6) is 0.662. The summed E-state index contributed by atoms with van der Waals surface area (Å²) in [4.78, 5) is 19.3. The lowest BCUT2D eigenvalue weighted by atomic mass is 9.62. The molecule has 1 unspecified atom stereocenters. The van der Waals surface area contributed by atoms with Crippen LogP contribution < -0.4 is 0 Å². The molecule has 0 spiro atoms. The normalized spacial score (nSPS) is 23.8. The fourth-order valence-corrected chi connectivity index (χ4v) is 5.53. The molecule has 1 aromatic carbocycles. The van der Waals surface area contributed by atoms with Crippen molar-refractivity contribution in [2.24, 2.45) is 5.41 Å². The van der Waals surface area contributed by atoms with E-state index in [0.29, 0.717) is 18.1 Å². The first kappa shape index (κ1) is 21.2. The van der Waals surface area contributed by atoms with Gasteiger partial charge in [0.15, 0.2) is 0 Å². The lowest BCUT2D eigenvalue weighted by molar-refractivity contribution is -0.127. The van der Waals surface area contributed by atoms with E-state index < -0.39 is 5.60 Å². The molecule has 1 saturated carbocycles. The van der Waals surface area contributed by atoms with Crippen molar-refractivity contribution in [2.45, 2.75) is 63.9 Å². The number of aliphatic hydroxyl groups is 1. The van der Waals surface area contributed by atoms with E-state index in [4.69, 9.17) is 0 Å². The van der Waals surface area contributed by atoms with Crippen LogP contribution >= 0.6 is 0 Å². The third-order valence-corrected chi connectivity index (χ3v) is 7.24. The zero-order valence-electron chi connectivity index (χ0n) is 18.7. The SMILES string of the molecule is CC(C)c1ccc([C@](O)(c2cncc(C3CCCCC3=O)c2)C2(C)CN(C)C2)cc1. The van der Waals surface area contributed by atoms with Gasteiger partial charge in [-0.15, -0.1) is 0 Å². The number of benzene rings is 1. The maximum absolute atomic E-state index is 12.5. The molecule has 1 aliphatic heterocycles. The predicted octanol–water partition coefficient (Wildman–Crippen LogP) is 4.62. The first-order valence-corrected chi connectivity index (χ1v) is 11.2. The van der Waals surface area contributed by atoms with Crippen molar-refractivity contribution in [3.8, 4) is 0 Å². The average Bonchev–Trinajstić information content (AvgIpc) is 2.72. The molecule has 0 bridgehead atoms. The summed E-state index contributed by atoms with van der Waals surface area (Å²) in [6, 6.07) is 10.4. The maximum atomic E-state index is 12.5. The van der Waals surface area contributed by atoms with Crippen molar-refractivity contribution in [3.63, 3.8) is 0 Å². The number of likely N-dealkylation sites (tertiary alicyclic amines) is 1. The third-order valence-electron chi connectivity index (χ3n) is 7.24. The van der Waals surface area contributed by atoms with Gasteiger partial charge in [0.2, 0.25) is 0 Å². The monoisotopic (exact) mass is 406 g/mol. The van der Waals surface area contributed by atoms with Crippen LogP contribution in [-0.4, -0.2) is 40.9 Å². The Hall–Kier alpha value is -2.04. The van der Waals surface area contributed by atoms with E-state index in [9.17, 15) is 9.90 Å². The fraction of sp³-hybridized carbons (Fsp3) is 0.538. The molecule has 160 valence electrons. The number of Topliss-reactive ketones (excluding diaryl/α,β-unsaturated/α-hetero) is 1. The van der Waals surface area contributed by atoms with E-state index >= 15 is 0 Å². The lowest BCUT2D eigenvalue weighted by Crippen LogP contribution is -2.63. The zero-order valence-corrected chi connectivity index (χ0v) is 18.7. The molecule has 4 rings (SSSR count). The second kappa shape index (κ2) is 7.90. The molecular weight excluding hydrogens is 372 g/mol.